The molecule has 1 aromatic carbocycles. The maximum atomic E-state index is 11.8. The number of nitrogens with zero attached hydrogens (tertiary/aromatic N) is 1. The largest absolute Gasteiger partial charge is 0.465 e. The van der Waals surface area contributed by atoms with Crippen LogP contribution in [0, 0.1) is 0 Å². The Morgan fingerprint density at radius 3 is 2.80 bits per heavy atom. The van der Waals surface area contributed by atoms with Gasteiger partial charge in [0.2, 0.25) is 0 Å². The first-order valence-corrected chi connectivity index (χ1v) is 7.28. The zero-order chi connectivity index (χ0) is 14.6. The highest BCUT2D eigenvalue weighted by Crippen LogP contribution is 2.19. The molecule has 0 bridgehead atoms. The third kappa shape index (κ3) is 3.58. The van der Waals surface area contributed by atoms with Gasteiger partial charge in [-0.05, 0) is 37.8 Å². The van der Waals surface area contributed by atoms with E-state index in [4.69, 9.17) is 10.5 Å². The van der Waals surface area contributed by atoms with Crippen LogP contribution in [0.2, 0.25) is 0 Å². The first kappa shape index (κ1) is 15.0. The third-order valence-corrected chi connectivity index (χ3v) is 3.90. The average Bonchev–Trinajstić information content (AvgIpc) is 2.45. The molecule has 1 aliphatic rings. The van der Waals surface area contributed by atoms with E-state index in [1.54, 1.807) is 13.8 Å². The first-order chi connectivity index (χ1) is 9.53. The second-order valence-corrected chi connectivity index (χ2v) is 5.68. The first-order valence-electron chi connectivity index (χ1n) is 7.28. The van der Waals surface area contributed by atoms with Crippen molar-refractivity contribution in [2.24, 2.45) is 5.73 Å². The van der Waals surface area contributed by atoms with E-state index in [9.17, 15) is 4.79 Å². The Balaban J connectivity index is 1.88. The van der Waals surface area contributed by atoms with Crippen molar-refractivity contribution in [2.45, 2.75) is 38.8 Å². The summed E-state index contributed by atoms with van der Waals surface area (Å²) in [5.41, 5.74) is 7.98. The van der Waals surface area contributed by atoms with Gasteiger partial charge in [-0.3, -0.25) is 9.69 Å². The molecular weight excluding hydrogens is 252 g/mol. The Morgan fingerprint density at radius 2 is 2.10 bits per heavy atom. The van der Waals surface area contributed by atoms with Crippen molar-refractivity contribution in [2.75, 3.05) is 19.7 Å². The summed E-state index contributed by atoms with van der Waals surface area (Å²) in [6.45, 7) is 6.71. The fourth-order valence-electron chi connectivity index (χ4n) is 2.53. The Kier molecular flexibility index (Phi) is 4.78. The molecule has 1 heterocycles. The summed E-state index contributed by atoms with van der Waals surface area (Å²) in [7, 11) is 0. The summed E-state index contributed by atoms with van der Waals surface area (Å²) in [4.78, 5) is 14.1. The van der Waals surface area contributed by atoms with Crippen LogP contribution in [0.15, 0.2) is 24.3 Å². The van der Waals surface area contributed by atoms with E-state index < -0.39 is 5.54 Å². The highest BCUT2D eigenvalue weighted by molar-refractivity contribution is 5.79. The molecule has 20 heavy (non-hydrogen) atoms. The molecule has 0 radical (unpaired) electrons. The number of rotatable bonds is 5. The summed E-state index contributed by atoms with van der Waals surface area (Å²) in [6, 6.07) is 8.53. The van der Waals surface area contributed by atoms with E-state index in [1.807, 2.05) is 0 Å². The number of benzene rings is 1. The number of esters is 1. The summed E-state index contributed by atoms with van der Waals surface area (Å²) in [5, 5.41) is 0. The maximum Gasteiger partial charge on any atom is 0.325 e. The van der Waals surface area contributed by atoms with Gasteiger partial charge in [-0.2, -0.15) is 0 Å². The molecule has 2 rings (SSSR count). The highest BCUT2D eigenvalue weighted by Gasteiger charge is 2.30. The van der Waals surface area contributed by atoms with Crippen LogP contribution in [-0.4, -0.2) is 36.1 Å². The number of hydrogen-bond donors (Lipinski definition) is 1. The van der Waals surface area contributed by atoms with Gasteiger partial charge < -0.3 is 10.5 Å². The molecule has 2 N–H and O–H groups in total. The van der Waals surface area contributed by atoms with Crippen molar-refractivity contribution in [3.8, 4) is 0 Å². The molecule has 1 aliphatic heterocycles. The fourth-order valence-corrected chi connectivity index (χ4v) is 2.53. The second-order valence-electron chi connectivity index (χ2n) is 5.68. The molecule has 0 spiro atoms. The van der Waals surface area contributed by atoms with Gasteiger partial charge in [0, 0.05) is 19.6 Å². The summed E-state index contributed by atoms with van der Waals surface area (Å²) in [6.07, 6.45) is 1.69. The molecule has 0 amide bonds. The standard InChI is InChI=1S/C16H24N2O2/c1-3-20-15(19)16(2,17)9-11-18-10-8-13-6-4-5-7-14(13)12-18/h4-7H,3,8-12,17H2,1-2H3. The summed E-state index contributed by atoms with van der Waals surface area (Å²) >= 11 is 0. The summed E-state index contributed by atoms with van der Waals surface area (Å²) < 4.78 is 5.02. The molecule has 0 fully saturated rings. The van der Waals surface area contributed by atoms with Crippen LogP contribution in [0.5, 0.6) is 0 Å². The topological polar surface area (TPSA) is 55.6 Å². The molecule has 0 aliphatic carbocycles. The molecule has 4 heteroatoms. The van der Waals surface area contributed by atoms with Gasteiger partial charge in [-0.25, -0.2) is 0 Å². The summed E-state index contributed by atoms with van der Waals surface area (Å²) in [5.74, 6) is -0.308. The van der Waals surface area contributed by atoms with E-state index in [0.29, 0.717) is 13.0 Å². The van der Waals surface area contributed by atoms with Crippen molar-refractivity contribution >= 4 is 5.97 Å². The van der Waals surface area contributed by atoms with Gasteiger partial charge in [0.05, 0.1) is 6.61 Å². The van der Waals surface area contributed by atoms with E-state index >= 15 is 0 Å². The van der Waals surface area contributed by atoms with E-state index in [2.05, 4.69) is 29.2 Å². The SMILES string of the molecule is CCOC(=O)C(C)(N)CCN1CCc2ccccc2C1. The molecule has 1 unspecified atom stereocenters. The lowest BCUT2D eigenvalue weighted by Crippen LogP contribution is -2.48. The Hall–Kier alpha value is -1.39. The molecule has 0 saturated carbocycles. The zero-order valence-corrected chi connectivity index (χ0v) is 12.4. The lowest BCUT2D eigenvalue weighted by atomic mass is 9.96. The minimum Gasteiger partial charge on any atom is -0.465 e. The van der Waals surface area contributed by atoms with Gasteiger partial charge >= 0.3 is 5.97 Å². The number of hydrogen-bond acceptors (Lipinski definition) is 4. The molecule has 1 atom stereocenters. The number of nitrogens with two attached hydrogens (primary N) is 1. The van der Waals surface area contributed by atoms with Gasteiger partial charge in [-0.15, -0.1) is 0 Å². The molecule has 0 aromatic heterocycles. The molecule has 0 saturated heterocycles. The van der Waals surface area contributed by atoms with Crippen LogP contribution in [0.3, 0.4) is 0 Å². The second kappa shape index (κ2) is 6.37. The normalized spacial score (nSPS) is 18.1. The monoisotopic (exact) mass is 276 g/mol. The van der Waals surface area contributed by atoms with Gasteiger partial charge in [0.25, 0.3) is 0 Å². The van der Waals surface area contributed by atoms with Crippen molar-refractivity contribution in [1.29, 1.82) is 0 Å². The van der Waals surface area contributed by atoms with E-state index in [-0.39, 0.29) is 5.97 Å². The van der Waals surface area contributed by atoms with Crippen molar-refractivity contribution in [3.63, 3.8) is 0 Å². The van der Waals surface area contributed by atoms with Gasteiger partial charge in [0.1, 0.15) is 5.54 Å². The van der Waals surface area contributed by atoms with Crippen molar-refractivity contribution < 1.29 is 9.53 Å². The lowest BCUT2D eigenvalue weighted by Gasteiger charge is -2.31. The number of carbonyl (C=O) groups excluding carboxylic acids is 1. The fraction of sp³-hybridized carbons (Fsp3) is 0.562. The number of fused-ring (bicyclic) bond motifs is 1. The number of ether oxygens (including phenoxy) is 1. The average molecular weight is 276 g/mol. The van der Waals surface area contributed by atoms with E-state index in [1.165, 1.54) is 11.1 Å². The predicted octanol–water partition coefficient (Wildman–Crippen LogP) is 1.72. The lowest BCUT2D eigenvalue weighted by molar-refractivity contribution is -0.149. The van der Waals surface area contributed by atoms with Gasteiger partial charge in [0.15, 0.2) is 0 Å². The highest BCUT2D eigenvalue weighted by atomic mass is 16.5. The quantitative estimate of drug-likeness (QED) is 0.832. The van der Waals surface area contributed by atoms with Crippen LogP contribution in [0.1, 0.15) is 31.4 Å². The van der Waals surface area contributed by atoms with Crippen molar-refractivity contribution in [1.82, 2.24) is 4.90 Å². The zero-order valence-electron chi connectivity index (χ0n) is 12.4. The van der Waals surface area contributed by atoms with Crippen molar-refractivity contribution in [3.05, 3.63) is 35.4 Å². The molecule has 1 aromatic rings. The molecule has 110 valence electrons. The Morgan fingerprint density at radius 1 is 1.40 bits per heavy atom. The molecule has 4 nitrogen and oxygen atoms in total. The van der Waals surface area contributed by atoms with E-state index in [0.717, 1.165) is 26.1 Å². The molecular formula is C16H24N2O2. The Labute approximate surface area is 120 Å². The third-order valence-electron chi connectivity index (χ3n) is 3.90. The van der Waals surface area contributed by atoms with Crippen LogP contribution in [0.4, 0.5) is 0 Å². The minimum atomic E-state index is -0.896. The van der Waals surface area contributed by atoms with Crippen LogP contribution >= 0.6 is 0 Å². The predicted molar refractivity (Wildman–Crippen MR) is 79.3 cm³/mol. The Bertz CT molecular complexity index is 471. The smallest absolute Gasteiger partial charge is 0.325 e. The van der Waals surface area contributed by atoms with Crippen LogP contribution in [0.25, 0.3) is 0 Å². The maximum absolute atomic E-state index is 11.8. The van der Waals surface area contributed by atoms with Crippen LogP contribution < -0.4 is 5.73 Å². The minimum absolute atomic E-state index is 0.308. The van der Waals surface area contributed by atoms with Crippen LogP contribution in [-0.2, 0) is 22.5 Å². The number of carbonyl (C=O) groups is 1. The van der Waals surface area contributed by atoms with Gasteiger partial charge in [-0.1, -0.05) is 24.3 Å².